The van der Waals surface area contributed by atoms with E-state index in [2.05, 4.69) is 15.3 Å². The third kappa shape index (κ3) is 3.45. The summed E-state index contributed by atoms with van der Waals surface area (Å²) in [5.41, 5.74) is 12.8. The molecule has 0 aliphatic carbocycles. The highest BCUT2D eigenvalue weighted by Gasteiger charge is 2.15. The predicted octanol–water partition coefficient (Wildman–Crippen LogP) is 2.12. The zero-order valence-corrected chi connectivity index (χ0v) is 13.1. The van der Waals surface area contributed by atoms with E-state index >= 15 is 0 Å². The van der Waals surface area contributed by atoms with Crippen molar-refractivity contribution in [2.75, 3.05) is 16.8 Å². The molecule has 3 rings (SSSR count). The van der Waals surface area contributed by atoms with E-state index < -0.39 is 5.91 Å². The van der Waals surface area contributed by atoms with Crippen LogP contribution in [0.4, 0.5) is 17.3 Å². The lowest BCUT2D eigenvalue weighted by molar-refractivity contribution is 0.102. The Morgan fingerprint density at radius 1 is 0.800 bits per heavy atom. The van der Waals surface area contributed by atoms with E-state index in [4.69, 9.17) is 11.5 Å². The molecule has 1 aromatic heterocycles. The van der Waals surface area contributed by atoms with Crippen LogP contribution >= 0.6 is 0 Å². The lowest BCUT2D eigenvalue weighted by atomic mass is 10.0. The zero-order valence-electron chi connectivity index (χ0n) is 13.1. The molecule has 0 bridgehead atoms. The third-order valence-electron chi connectivity index (χ3n) is 3.57. The van der Waals surface area contributed by atoms with Crippen LogP contribution in [0.2, 0.25) is 0 Å². The van der Waals surface area contributed by atoms with Gasteiger partial charge in [-0.25, -0.2) is 9.97 Å². The summed E-state index contributed by atoms with van der Waals surface area (Å²) < 4.78 is 0. The minimum atomic E-state index is -0.462. The quantitative estimate of drug-likeness (QED) is 0.628. The van der Waals surface area contributed by atoms with Gasteiger partial charge < -0.3 is 16.8 Å². The first kappa shape index (κ1) is 16.1. The van der Waals surface area contributed by atoms with Gasteiger partial charge in [0.1, 0.15) is 12.0 Å². The third-order valence-corrected chi connectivity index (χ3v) is 3.57. The van der Waals surface area contributed by atoms with Crippen LogP contribution in [-0.2, 0) is 0 Å². The lowest BCUT2D eigenvalue weighted by Gasteiger charge is -2.10. The van der Waals surface area contributed by atoms with Gasteiger partial charge in [-0.05, 0) is 12.1 Å². The summed E-state index contributed by atoms with van der Waals surface area (Å²) in [6.07, 6.45) is 1.21. The summed E-state index contributed by atoms with van der Waals surface area (Å²) in [7, 11) is 0. The minimum Gasteiger partial charge on any atom is -0.382 e. The number of benzene rings is 2. The maximum Gasteiger partial charge on any atom is 0.255 e. The van der Waals surface area contributed by atoms with Crippen LogP contribution in [-0.4, -0.2) is 21.7 Å². The molecule has 0 atom stereocenters. The number of carbonyl (C=O) groups is 2. The first-order valence-corrected chi connectivity index (χ1v) is 7.43. The second kappa shape index (κ2) is 6.79. The molecule has 0 aliphatic heterocycles. The van der Waals surface area contributed by atoms with E-state index in [0.29, 0.717) is 16.7 Å². The maximum absolute atomic E-state index is 12.5. The van der Waals surface area contributed by atoms with Crippen molar-refractivity contribution in [3.05, 3.63) is 77.6 Å². The smallest absolute Gasteiger partial charge is 0.255 e. The van der Waals surface area contributed by atoms with Crippen molar-refractivity contribution in [2.24, 2.45) is 0 Å². The molecule has 124 valence electrons. The average molecular weight is 333 g/mol. The number of nitrogens with zero attached hydrogens (tertiary/aromatic N) is 2. The van der Waals surface area contributed by atoms with E-state index in [1.165, 1.54) is 12.4 Å². The summed E-state index contributed by atoms with van der Waals surface area (Å²) >= 11 is 0. The summed E-state index contributed by atoms with van der Waals surface area (Å²) in [6.45, 7) is 0. The first-order valence-electron chi connectivity index (χ1n) is 7.43. The number of ketones is 1. The summed E-state index contributed by atoms with van der Waals surface area (Å²) in [4.78, 5) is 32.5. The van der Waals surface area contributed by atoms with Gasteiger partial charge in [-0.3, -0.25) is 9.59 Å². The Labute approximate surface area is 143 Å². The molecule has 1 amide bonds. The molecule has 25 heavy (non-hydrogen) atoms. The van der Waals surface area contributed by atoms with Gasteiger partial charge in [-0.15, -0.1) is 0 Å². The molecular weight excluding hydrogens is 318 g/mol. The fourth-order valence-corrected chi connectivity index (χ4v) is 2.29. The molecule has 0 unspecified atom stereocenters. The van der Waals surface area contributed by atoms with Gasteiger partial charge in [-0.2, -0.15) is 0 Å². The van der Waals surface area contributed by atoms with Crippen molar-refractivity contribution in [3.8, 4) is 0 Å². The van der Waals surface area contributed by atoms with Crippen LogP contribution in [0.5, 0.6) is 0 Å². The molecule has 0 radical (unpaired) electrons. The second-order valence-corrected chi connectivity index (χ2v) is 5.25. The Morgan fingerprint density at radius 2 is 1.40 bits per heavy atom. The Hall–Kier alpha value is -3.74. The van der Waals surface area contributed by atoms with Gasteiger partial charge >= 0.3 is 0 Å². The van der Waals surface area contributed by atoms with Crippen molar-refractivity contribution in [1.29, 1.82) is 0 Å². The van der Waals surface area contributed by atoms with E-state index in [-0.39, 0.29) is 23.1 Å². The van der Waals surface area contributed by atoms with Crippen LogP contribution in [0, 0.1) is 0 Å². The van der Waals surface area contributed by atoms with Crippen molar-refractivity contribution in [1.82, 2.24) is 9.97 Å². The van der Waals surface area contributed by atoms with Crippen LogP contribution < -0.4 is 16.8 Å². The van der Waals surface area contributed by atoms with E-state index in [1.54, 1.807) is 42.5 Å². The van der Waals surface area contributed by atoms with Gasteiger partial charge in [0.15, 0.2) is 17.4 Å². The van der Waals surface area contributed by atoms with E-state index in [9.17, 15) is 9.59 Å². The molecular formula is C18H15N5O2. The number of hydrogen-bond donors (Lipinski definition) is 3. The zero-order chi connectivity index (χ0) is 17.8. The van der Waals surface area contributed by atoms with Crippen molar-refractivity contribution in [3.63, 3.8) is 0 Å². The normalized spacial score (nSPS) is 10.2. The highest BCUT2D eigenvalue weighted by Crippen LogP contribution is 2.22. The first-order chi connectivity index (χ1) is 12.1. The molecule has 1 heterocycles. The molecule has 7 nitrogen and oxygen atoms in total. The highest BCUT2D eigenvalue weighted by molar-refractivity contribution is 6.12. The van der Waals surface area contributed by atoms with Crippen molar-refractivity contribution in [2.45, 2.75) is 0 Å². The molecule has 0 fully saturated rings. The average Bonchev–Trinajstić information content (AvgIpc) is 2.65. The SMILES string of the molecule is Nc1ncnc(N)c1NC(=O)c1cccc(C(=O)c2ccccc2)c1. The Morgan fingerprint density at radius 3 is 2.08 bits per heavy atom. The number of amides is 1. The Balaban J connectivity index is 1.86. The summed E-state index contributed by atoms with van der Waals surface area (Å²) in [5.74, 6) is -0.497. The number of aromatic nitrogens is 2. The molecule has 0 spiro atoms. The number of nitrogen functional groups attached to an aromatic ring is 2. The molecule has 3 aromatic rings. The number of anilines is 3. The van der Waals surface area contributed by atoms with E-state index in [0.717, 1.165) is 0 Å². The van der Waals surface area contributed by atoms with Crippen LogP contribution in [0.3, 0.4) is 0 Å². The summed E-state index contributed by atoms with van der Waals surface area (Å²) in [6, 6.07) is 15.2. The van der Waals surface area contributed by atoms with Crippen molar-refractivity contribution >= 4 is 29.0 Å². The topological polar surface area (TPSA) is 124 Å². The maximum atomic E-state index is 12.5. The minimum absolute atomic E-state index is 0.0670. The molecule has 0 saturated carbocycles. The lowest BCUT2D eigenvalue weighted by Crippen LogP contribution is -2.16. The van der Waals surface area contributed by atoms with Gasteiger partial charge in [0.25, 0.3) is 5.91 Å². The van der Waals surface area contributed by atoms with Gasteiger partial charge in [-0.1, -0.05) is 42.5 Å². The van der Waals surface area contributed by atoms with Crippen LogP contribution in [0.1, 0.15) is 26.3 Å². The Kier molecular flexibility index (Phi) is 4.38. The fraction of sp³-hybridized carbons (Fsp3) is 0. The largest absolute Gasteiger partial charge is 0.382 e. The number of rotatable bonds is 4. The molecule has 7 heteroatoms. The highest BCUT2D eigenvalue weighted by atomic mass is 16.1. The van der Waals surface area contributed by atoms with Gasteiger partial charge in [0, 0.05) is 16.7 Å². The second-order valence-electron chi connectivity index (χ2n) is 5.25. The number of hydrogen-bond acceptors (Lipinski definition) is 6. The van der Waals surface area contributed by atoms with Crippen molar-refractivity contribution < 1.29 is 9.59 Å². The fourth-order valence-electron chi connectivity index (χ4n) is 2.29. The molecule has 0 aliphatic rings. The number of nitrogens with one attached hydrogen (secondary N) is 1. The van der Waals surface area contributed by atoms with Gasteiger partial charge in [0.05, 0.1) is 0 Å². The molecule has 0 saturated heterocycles. The summed E-state index contributed by atoms with van der Waals surface area (Å²) in [5, 5.41) is 2.58. The number of nitrogens with two attached hydrogens (primary N) is 2. The Bertz CT molecular complexity index is 921. The monoisotopic (exact) mass is 333 g/mol. The van der Waals surface area contributed by atoms with Gasteiger partial charge in [0.2, 0.25) is 0 Å². The number of carbonyl (C=O) groups excluding carboxylic acids is 2. The molecule has 2 aromatic carbocycles. The standard InChI is InChI=1S/C18H15N5O2/c19-16-14(17(20)22-10-21-16)23-18(25)13-8-4-7-12(9-13)15(24)11-5-2-1-3-6-11/h1-10H,(H,23,25)(H4,19,20,21,22). The predicted molar refractivity (Wildman–Crippen MR) is 95.1 cm³/mol. The van der Waals surface area contributed by atoms with Crippen LogP contribution in [0.15, 0.2) is 60.9 Å². The molecule has 5 N–H and O–H groups in total. The van der Waals surface area contributed by atoms with E-state index in [1.807, 2.05) is 6.07 Å². The van der Waals surface area contributed by atoms with Crippen LogP contribution in [0.25, 0.3) is 0 Å².